The number of hydrogen-bond acceptors (Lipinski definition) is 2. The normalized spacial score (nSPS) is 19.6. The Hall–Kier alpha value is -0.700. The quantitative estimate of drug-likeness (QED) is 0.608. The molecule has 0 spiro atoms. The van der Waals surface area contributed by atoms with Crippen molar-refractivity contribution in [2.75, 3.05) is 5.88 Å². The van der Waals surface area contributed by atoms with Crippen LogP contribution in [0.5, 0.6) is 0 Å². The molecule has 1 aliphatic heterocycles. The molecule has 0 amide bonds. The smallest absolute Gasteiger partial charge is 0.335 e. The SMILES string of the molecule is O=C1OC(c2c(Cl)cccc2Cl)C=C1CCl. The molecule has 84 valence electrons. The standard InChI is InChI=1S/C11H7Cl3O2/c12-5-6-4-9(16-11(6)15)10-7(13)2-1-3-8(10)14/h1-4,9H,5H2. The minimum atomic E-state index is -0.539. The van der Waals surface area contributed by atoms with Crippen molar-refractivity contribution in [3.8, 4) is 0 Å². The lowest BCUT2D eigenvalue weighted by atomic mass is 10.1. The summed E-state index contributed by atoms with van der Waals surface area (Å²) in [4.78, 5) is 11.4. The van der Waals surface area contributed by atoms with Gasteiger partial charge in [0.25, 0.3) is 0 Å². The van der Waals surface area contributed by atoms with Crippen molar-refractivity contribution in [3.05, 3.63) is 45.5 Å². The highest BCUT2D eigenvalue weighted by molar-refractivity contribution is 6.36. The third-order valence-corrected chi connectivity index (χ3v) is 3.22. The Morgan fingerprint density at radius 2 is 1.88 bits per heavy atom. The van der Waals surface area contributed by atoms with E-state index in [4.69, 9.17) is 39.5 Å². The minimum absolute atomic E-state index is 0.122. The third kappa shape index (κ3) is 2.05. The fraction of sp³-hybridized carbons (Fsp3) is 0.182. The fourth-order valence-electron chi connectivity index (χ4n) is 1.50. The molecule has 1 aromatic rings. The van der Waals surface area contributed by atoms with Crippen LogP contribution in [0.3, 0.4) is 0 Å². The van der Waals surface area contributed by atoms with Crippen LogP contribution in [0.4, 0.5) is 0 Å². The van der Waals surface area contributed by atoms with E-state index in [2.05, 4.69) is 0 Å². The zero-order valence-electron chi connectivity index (χ0n) is 8.04. The molecule has 1 atom stereocenters. The summed E-state index contributed by atoms with van der Waals surface area (Å²) < 4.78 is 5.13. The van der Waals surface area contributed by atoms with Crippen LogP contribution in [-0.4, -0.2) is 11.8 Å². The number of benzene rings is 1. The molecule has 5 heteroatoms. The first-order chi connectivity index (χ1) is 7.63. The largest absolute Gasteiger partial charge is 0.450 e. The van der Waals surface area contributed by atoms with Gasteiger partial charge < -0.3 is 4.74 Å². The van der Waals surface area contributed by atoms with Gasteiger partial charge in [-0.25, -0.2) is 4.79 Å². The average molecular weight is 278 g/mol. The Labute approximate surface area is 108 Å². The Bertz CT molecular complexity index is 448. The van der Waals surface area contributed by atoms with Crippen molar-refractivity contribution in [1.29, 1.82) is 0 Å². The predicted octanol–water partition coefficient (Wildman–Crippen LogP) is 3.76. The van der Waals surface area contributed by atoms with Gasteiger partial charge in [0.05, 0.1) is 11.5 Å². The molecule has 0 saturated heterocycles. The Kier molecular flexibility index (Phi) is 3.43. The Morgan fingerprint density at radius 3 is 2.38 bits per heavy atom. The number of cyclic esters (lactones) is 1. The maximum absolute atomic E-state index is 11.4. The van der Waals surface area contributed by atoms with Crippen LogP contribution in [-0.2, 0) is 9.53 Å². The van der Waals surface area contributed by atoms with E-state index in [1.54, 1.807) is 24.3 Å². The number of carbonyl (C=O) groups excluding carboxylic acids is 1. The van der Waals surface area contributed by atoms with Gasteiger partial charge in [0.15, 0.2) is 0 Å². The number of halogens is 3. The summed E-state index contributed by atoms with van der Waals surface area (Å²) in [7, 11) is 0. The molecule has 2 nitrogen and oxygen atoms in total. The van der Waals surface area contributed by atoms with Crippen LogP contribution in [0.25, 0.3) is 0 Å². The van der Waals surface area contributed by atoms with E-state index in [9.17, 15) is 4.79 Å². The summed E-state index contributed by atoms with van der Waals surface area (Å²) >= 11 is 17.6. The van der Waals surface area contributed by atoms with Gasteiger partial charge in [-0.2, -0.15) is 0 Å². The van der Waals surface area contributed by atoms with Crippen LogP contribution in [0, 0.1) is 0 Å². The van der Waals surface area contributed by atoms with Gasteiger partial charge in [-0.1, -0.05) is 29.3 Å². The zero-order chi connectivity index (χ0) is 11.7. The molecule has 2 rings (SSSR count). The molecule has 0 radical (unpaired) electrons. The van der Waals surface area contributed by atoms with Crippen molar-refractivity contribution < 1.29 is 9.53 Å². The number of ether oxygens (including phenoxy) is 1. The minimum Gasteiger partial charge on any atom is -0.450 e. The Balaban J connectivity index is 2.40. The van der Waals surface area contributed by atoms with Gasteiger partial charge in [0.1, 0.15) is 6.10 Å². The first-order valence-corrected chi connectivity index (χ1v) is 5.84. The number of alkyl halides is 1. The van der Waals surface area contributed by atoms with Crippen LogP contribution in [0.2, 0.25) is 10.0 Å². The van der Waals surface area contributed by atoms with E-state index < -0.39 is 12.1 Å². The summed E-state index contributed by atoms with van der Waals surface area (Å²) in [5.74, 6) is -0.298. The first-order valence-electron chi connectivity index (χ1n) is 4.55. The fourth-order valence-corrected chi connectivity index (χ4v) is 2.31. The lowest BCUT2D eigenvalue weighted by Crippen LogP contribution is -2.03. The lowest BCUT2D eigenvalue weighted by molar-refractivity contribution is -0.139. The van der Waals surface area contributed by atoms with Gasteiger partial charge >= 0.3 is 5.97 Å². The highest BCUT2D eigenvalue weighted by atomic mass is 35.5. The van der Waals surface area contributed by atoms with Crippen molar-refractivity contribution >= 4 is 40.8 Å². The van der Waals surface area contributed by atoms with Crippen molar-refractivity contribution in [2.45, 2.75) is 6.10 Å². The van der Waals surface area contributed by atoms with Crippen molar-refractivity contribution in [2.24, 2.45) is 0 Å². The second kappa shape index (κ2) is 4.66. The first kappa shape index (κ1) is 11.8. The maximum Gasteiger partial charge on any atom is 0.335 e. The van der Waals surface area contributed by atoms with Gasteiger partial charge in [-0.15, -0.1) is 11.6 Å². The van der Waals surface area contributed by atoms with E-state index in [-0.39, 0.29) is 5.88 Å². The summed E-state index contributed by atoms with van der Waals surface area (Å²) in [5.41, 5.74) is 1.03. The van der Waals surface area contributed by atoms with Gasteiger partial charge in [0, 0.05) is 15.6 Å². The molecule has 16 heavy (non-hydrogen) atoms. The molecular weight excluding hydrogens is 270 g/mol. The molecular formula is C11H7Cl3O2. The van der Waals surface area contributed by atoms with Crippen LogP contribution in [0.15, 0.2) is 29.8 Å². The summed E-state index contributed by atoms with van der Waals surface area (Å²) in [6.07, 6.45) is 1.10. The van der Waals surface area contributed by atoms with Crippen LogP contribution in [0.1, 0.15) is 11.7 Å². The summed E-state index contributed by atoms with van der Waals surface area (Å²) in [6, 6.07) is 5.13. The number of rotatable bonds is 2. The lowest BCUT2D eigenvalue weighted by Gasteiger charge is -2.11. The van der Waals surface area contributed by atoms with E-state index in [1.807, 2.05) is 0 Å². The van der Waals surface area contributed by atoms with Crippen molar-refractivity contribution in [3.63, 3.8) is 0 Å². The number of carbonyl (C=O) groups is 1. The topological polar surface area (TPSA) is 26.3 Å². The monoisotopic (exact) mass is 276 g/mol. The molecule has 0 N–H and O–H groups in total. The van der Waals surface area contributed by atoms with Gasteiger partial charge in [-0.05, 0) is 18.2 Å². The van der Waals surface area contributed by atoms with Crippen molar-refractivity contribution in [1.82, 2.24) is 0 Å². The summed E-state index contributed by atoms with van der Waals surface area (Å²) in [6.45, 7) is 0. The average Bonchev–Trinajstić information content (AvgIpc) is 2.59. The predicted molar refractivity (Wildman–Crippen MR) is 64.1 cm³/mol. The molecule has 0 fully saturated rings. The van der Waals surface area contributed by atoms with Gasteiger partial charge in [0.2, 0.25) is 0 Å². The highest BCUT2D eigenvalue weighted by Crippen LogP contribution is 2.37. The zero-order valence-corrected chi connectivity index (χ0v) is 10.3. The maximum atomic E-state index is 11.4. The molecule has 1 aliphatic rings. The van der Waals surface area contributed by atoms with Crippen LogP contribution >= 0.6 is 34.8 Å². The Morgan fingerprint density at radius 1 is 1.25 bits per heavy atom. The van der Waals surface area contributed by atoms with E-state index in [0.29, 0.717) is 21.2 Å². The summed E-state index contributed by atoms with van der Waals surface area (Å²) in [5, 5.41) is 0.940. The van der Waals surface area contributed by atoms with E-state index in [0.717, 1.165) is 0 Å². The third-order valence-electron chi connectivity index (χ3n) is 2.28. The number of esters is 1. The number of hydrogen-bond donors (Lipinski definition) is 0. The van der Waals surface area contributed by atoms with E-state index in [1.165, 1.54) is 0 Å². The molecule has 1 unspecified atom stereocenters. The molecule has 0 saturated carbocycles. The molecule has 0 aromatic heterocycles. The molecule has 0 bridgehead atoms. The van der Waals surface area contributed by atoms with Gasteiger partial charge in [-0.3, -0.25) is 0 Å². The highest BCUT2D eigenvalue weighted by Gasteiger charge is 2.28. The van der Waals surface area contributed by atoms with Crippen LogP contribution < -0.4 is 0 Å². The second-order valence-corrected chi connectivity index (χ2v) is 4.37. The van der Waals surface area contributed by atoms with E-state index >= 15 is 0 Å². The molecule has 1 aromatic carbocycles. The molecule has 0 aliphatic carbocycles. The second-order valence-electron chi connectivity index (χ2n) is 3.29. The molecule has 1 heterocycles.